The molecule has 0 bridgehead atoms. The molecule has 0 spiro atoms. The number of amides is 1. The molecule has 1 aromatic heterocycles. The van der Waals surface area contributed by atoms with Crippen LogP contribution in [0.4, 0.5) is 0 Å². The molecular formula is C25H30N4O4S. The highest BCUT2D eigenvalue weighted by Crippen LogP contribution is 2.23. The molecule has 2 heterocycles. The maximum absolute atomic E-state index is 12.7. The molecule has 1 fully saturated rings. The number of piperidine rings is 1. The van der Waals surface area contributed by atoms with Gasteiger partial charge in [0.25, 0.3) is 0 Å². The molecule has 8 nitrogen and oxygen atoms in total. The summed E-state index contributed by atoms with van der Waals surface area (Å²) in [5.41, 5.74) is 5.67. The molecule has 4 rings (SSSR count). The Morgan fingerprint density at radius 1 is 1.24 bits per heavy atom. The number of benzene rings is 2. The first kappa shape index (κ1) is 24.0. The van der Waals surface area contributed by atoms with Gasteiger partial charge in [-0.15, -0.1) is 0 Å². The first-order valence-corrected chi connectivity index (χ1v) is 13.0. The zero-order valence-electron chi connectivity index (χ0n) is 19.5. The van der Waals surface area contributed by atoms with E-state index in [1.165, 1.54) is 4.31 Å². The van der Waals surface area contributed by atoms with Gasteiger partial charge in [0, 0.05) is 42.3 Å². The summed E-state index contributed by atoms with van der Waals surface area (Å²) in [5.74, 6) is 0.194. The number of nitrogens with one attached hydrogen (secondary N) is 1. The number of hydrazone groups is 1. The van der Waals surface area contributed by atoms with Gasteiger partial charge in [0.1, 0.15) is 5.75 Å². The summed E-state index contributed by atoms with van der Waals surface area (Å²) in [6.07, 6.45) is 4.97. The van der Waals surface area contributed by atoms with Crippen LogP contribution in [0.15, 0.2) is 59.8 Å². The molecule has 180 valence electrons. The molecule has 0 saturated carbocycles. The van der Waals surface area contributed by atoms with Crippen LogP contribution < -0.4 is 10.2 Å². The van der Waals surface area contributed by atoms with E-state index in [1.54, 1.807) is 20.2 Å². The van der Waals surface area contributed by atoms with E-state index in [2.05, 4.69) is 27.2 Å². The lowest BCUT2D eigenvalue weighted by Crippen LogP contribution is -2.45. The van der Waals surface area contributed by atoms with E-state index in [-0.39, 0.29) is 18.2 Å². The lowest BCUT2D eigenvalue weighted by molar-refractivity contribution is -0.126. The highest BCUT2D eigenvalue weighted by molar-refractivity contribution is 7.89. The SMILES string of the molecule is CCS(=O)(=O)N1CCCC(C(=O)NN=Cc2cn(Cc3cccc(OC)c3)c3ccccc23)C1. The molecule has 0 radical (unpaired) electrons. The van der Waals surface area contributed by atoms with Crippen LogP contribution in [-0.4, -0.2) is 55.4 Å². The molecular weight excluding hydrogens is 452 g/mol. The van der Waals surface area contributed by atoms with Crippen molar-refractivity contribution < 1.29 is 17.9 Å². The van der Waals surface area contributed by atoms with Gasteiger partial charge in [0.05, 0.1) is 25.0 Å². The lowest BCUT2D eigenvalue weighted by Gasteiger charge is -2.30. The first-order chi connectivity index (χ1) is 16.4. The number of fused-ring (bicyclic) bond motifs is 1. The predicted molar refractivity (Wildman–Crippen MR) is 134 cm³/mol. The van der Waals surface area contributed by atoms with Crippen molar-refractivity contribution in [2.24, 2.45) is 11.0 Å². The maximum Gasteiger partial charge on any atom is 0.244 e. The van der Waals surface area contributed by atoms with E-state index >= 15 is 0 Å². The molecule has 1 saturated heterocycles. The summed E-state index contributed by atoms with van der Waals surface area (Å²) in [7, 11) is -1.65. The fourth-order valence-electron chi connectivity index (χ4n) is 4.32. The second kappa shape index (κ2) is 10.4. The smallest absolute Gasteiger partial charge is 0.244 e. The Balaban J connectivity index is 1.48. The van der Waals surface area contributed by atoms with Gasteiger partial charge in [-0.25, -0.2) is 18.1 Å². The van der Waals surface area contributed by atoms with Gasteiger partial charge in [0.2, 0.25) is 15.9 Å². The Morgan fingerprint density at radius 2 is 2.06 bits per heavy atom. The van der Waals surface area contributed by atoms with E-state index in [0.717, 1.165) is 27.8 Å². The third-order valence-electron chi connectivity index (χ3n) is 6.20. The number of para-hydroxylation sites is 1. The number of carbonyl (C=O) groups is 1. The summed E-state index contributed by atoms with van der Waals surface area (Å²) in [5, 5.41) is 5.23. The maximum atomic E-state index is 12.7. The van der Waals surface area contributed by atoms with Crippen LogP contribution in [0.1, 0.15) is 30.9 Å². The van der Waals surface area contributed by atoms with Crippen molar-refractivity contribution in [2.75, 3.05) is 26.0 Å². The van der Waals surface area contributed by atoms with Crippen molar-refractivity contribution in [2.45, 2.75) is 26.3 Å². The molecule has 34 heavy (non-hydrogen) atoms. The van der Waals surface area contributed by atoms with E-state index in [0.29, 0.717) is 25.9 Å². The molecule has 1 amide bonds. The number of aromatic nitrogens is 1. The van der Waals surface area contributed by atoms with Crippen molar-refractivity contribution in [3.8, 4) is 5.75 Å². The van der Waals surface area contributed by atoms with Crippen LogP contribution in [0, 0.1) is 5.92 Å². The monoisotopic (exact) mass is 482 g/mol. The number of nitrogens with zero attached hydrogens (tertiary/aromatic N) is 3. The summed E-state index contributed by atoms with van der Waals surface area (Å²) in [6, 6.07) is 16.0. The Bertz CT molecular complexity index is 1300. The van der Waals surface area contributed by atoms with Crippen molar-refractivity contribution >= 4 is 33.0 Å². The molecule has 3 aromatic rings. The van der Waals surface area contributed by atoms with Crippen LogP contribution in [0.3, 0.4) is 0 Å². The van der Waals surface area contributed by atoms with Gasteiger partial charge in [-0.05, 0) is 43.5 Å². The van der Waals surface area contributed by atoms with Gasteiger partial charge in [-0.1, -0.05) is 30.3 Å². The fourth-order valence-corrected chi connectivity index (χ4v) is 5.50. The minimum absolute atomic E-state index is 0.0410. The Morgan fingerprint density at radius 3 is 2.85 bits per heavy atom. The summed E-state index contributed by atoms with van der Waals surface area (Å²) in [4.78, 5) is 12.7. The topological polar surface area (TPSA) is 93.0 Å². The molecule has 9 heteroatoms. The number of hydrogen-bond acceptors (Lipinski definition) is 5. The predicted octanol–water partition coefficient (Wildman–Crippen LogP) is 3.21. The third-order valence-corrected chi connectivity index (χ3v) is 8.05. The molecule has 2 aromatic carbocycles. The van der Waals surface area contributed by atoms with Crippen molar-refractivity contribution in [3.05, 3.63) is 65.9 Å². The molecule has 1 aliphatic heterocycles. The van der Waals surface area contributed by atoms with Crippen LogP contribution in [-0.2, 0) is 21.4 Å². The van der Waals surface area contributed by atoms with E-state index in [9.17, 15) is 13.2 Å². The number of methoxy groups -OCH3 is 1. The Hall–Kier alpha value is -3.17. The normalized spacial score (nSPS) is 17.3. The Labute approximate surface area is 200 Å². The minimum atomic E-state index is -3.30. The Kier molecular flexibility index (Phi) is 7.33. The van der Waals surface area contributed by atoms with Crippen molar-refractivity contribution in [3.63, 3.8) is 0 Å². The third kappa shape index (κ3) is 5.31. The number of hydrogen-bond donors (Lipinski definition) is 1. The van der Waals surface area contributed by atoms with Crippen molar-refractivity contribution in [1.82, 2.24) is 14.3 Å². The average Bonchev–Trinajstić information content (AvgIpc) is 3.21. The van der Waals surface area contributed by atoms with Gasteiger partial charge in [-0.2, -0.15) is 5.10 Å². The fraction of sp³-hybridized carbons (Fsp3) is 0.360. The second-order valence-electron chi connectivity index (χ2n) is 8.41. The largest absolute Gasteiger partial charge is 0.497 e. The van der Waals surface area contributed by atoms with Crippen LogP contribution in [0.5, 0.6) is 5.75 Å². The second-order valence-corrected chi connectivity index (χ2v) is 10.7. The first-order valence-electron chi connectivity index (χ1n) is 11.4. The number of sulfonamides is 1. The number of carbonyl (C=O) groups excluding carboxylic acids is 1. The minimum Gasteiger partial charge on any atom is -0.497 e. The standard InChI is InChI=1S/C25H30N4O4S/c1-3-34(31,32)29-13-7-9-20(18-29)25(30)27-26-15-21-17-28(24-12-5-4-11-23(21)24)16-19-8-6-10-22(14-19)33-2/h4-6,8,10-12,14-15,17,20H,3,7,9,13,16,18H2,1-2H3,(H,27,30). The highest BCUT2D eigenvalue weighted by Gasteiger charge is 2.31. The van der Waals surface area contributed by atoms with E-state index < -0.39 is 15.9 Å². The van der Waals surface area contributed by atoms with Gasteiger partial charge >= 0.3 is 0 Å². The van der Waals surface area contributed by atoms with Gasteiger partial charge in [0.15, 0.2) is 0 Å². The van der Waals surface area contributed by atoms with E-state index in [4.69, 9.17) is 4.74 Å². The van der Waals surface area contributed by atoms with Gasteiger partial charge in [-0.3, -0.25) is 4.79 Å². The number of ether oxygens (including phenoxy) is 1. The molecule has 1 aliphatic rings. The van der Waals surface area contributed by atoms with Crippen LogP contribution >= 0.6 is 0 Å². The molecule has 0 aliphatic carbocycles. The number of rotatable bonds is 8. The molecule has 1 unspecified atom stereocenters. The van der Waals surface area contributed by atoms with Gasteiger partial charge < -0.3 is 9.30 Å². The summed E-state index contributed by atoms with van der Waals surface area (Å²) in [6.45, 7) is 2.96. The lowest BCUT2D eigenvalue weighted by atomic mass is 9.99. The van der Waals surface area contributed by atoms with Crippen LogP contribution in [0.25, 0.3) is 10.9 Å². The highest BCUT2D eigenvalue weighted by atomic mass is 32.2. The van der Waals surface area contributed by atoms with Crippen LogP contribution in [0.2, 0.25) is 0 Å². The zero-order valence-corrected chi connectivity index (χ0v) is 20.3. The van der Waals surface area contributed by atoms with E-state index in [1.807, 2.05) is 42.6 Å². The molecule has 1 atom stereocenters. The zero-order chi connectivity index (χ0) is 24.1. The summed E-state index contributed by atoms with van der Waals surface area (Å²) >= 11 is 0. The quantitative estimate of drug-likeness (QED) is 0.394. The van der Waals surface area contributed by atoms with Crippen molar-refractivity contribution in [1.29, 1.82) is 0 Å². The molecule has 1 N–H and O–H groups in total. The average molecular weight is 483 g/mol. The summed E-state index contributed by atoms with van der Waals surface area (Å²) < 4.78 is 33.2.